The van der Waals surface area contributed by atoms with Crippen molar-refractivity contribution in [3.63, 3.8) is 0 Å². The van der Waals surface area contributed by atoms with E-state index in [2.05, 4.69) is 5.32 Å². The van der Waals surface area contributed by atoms with Gasteiger partial charge in [-0.05, 0) is 24.3 Å². The molecule has 0 spiro atoms. The number of hydrogen-bond acceptors (Lipinski definition) is 3. The van der Waals surface area contributed by atoms with Crippen LogP contribution in [-0.2, 0) is 0 Å². The second kappa shape index (κ2) is 8.26. The Morgan fingerprint density at radius 1 is 1.19 bits per heavy atom. The first-order chi connectivity index (χ1) is 12.9. The Morgan fingerprint density at radius 2 is 1.89 bits per heavy atom. The molecule has 1 heterocycles. The molecule has 0 saturated carbocycles. The van der Waals surface area contributed by atoms with Crippen LogP contribution in [0.3, 0.4) is 0 Å². The van der Waals surface area contributed by atoms with Crippen LogP contribution in [0.2, 0.25) is 5.02 Å². The summed E-state index contributed by atoms with van der Waals surface area (Å²) in [5, 5.41) is 11.6. The quantitative estimate of drug-likeness (QED) is 0.815. The van der Waals surface area contributed by atoms with E-state index in [4.69, 9.17) is 21.4 Å². The Balaban J connectivity index is 1.64. The second-order valence-electron chi connectivity index (χ2n) is 6.17. The van der Waals surface area contributed by atoms with Crippen molar-refractivity contribution < 1.29 is 23.8 Å². The average Bonchev–Trinajstić information content (AvgIpc) is 2.62. The van der Waals surface area contributed by atoms with Crippen molar-refractivity contribution in [2.75, 3.05) is 18.4 Å². The number of carboxylic acid groups (broad SMARTS) is 1. The van der Waals surface area contributed by atoms with Gasteiger partial charge in [0.05, 0.1) is 10.6 Å². The van der Waals surface area contributed by atoms with Crippen LogP contribution >= 0.6 is 11.6 Å². The highest BCUT2D eigenvalue weighted by Crippen LogP contribution is 2.24. The van der Waals surface area contributed by atoms with Gasteiger partial charge in [0.2, 0.25) is 0 Å². The molecular weight excluding hydrogens is 375 g/mol. The molecule has 142 valence electrons. The topological polar surface area (TPSA) is 78.9 Å². The zero-order valence-electron chi connectivity index (χ0n) is 14.3. The molecule has 1 saturated heterocycles. The first-order valence-corrected chi connectivity index (χ1v) is 8.82. The summed E-state index contributed by atoms with van der Waals surface area (Å²) in [5.74, 6) is -0.802. The fourth-order valence-electron chi connectivity index (χ4n) is 2.91. The molecule has 27 heavy (non-hydrogen) atoms. The third-order valence-corrected chi connectivity index (χ3v) is 4.61. The molecule has 2 amide bonds. The zero-order valence-corrected chi connectivity index (χ0v) is 15.1. The van der Waals surface area contributed by atoms with Gasteiger partial charge in [-0.2, -0.15) is 0 Å². The lowest BCUT2D eigenvalue weighted by atomic mass is 10.1. The largest absolute Gasteiger partial charge is 0.490 e. The van der Waals surface area contributed by atoms with Gasteiger partial charge in [0.1, 0.15) is 17.7 Å². The van der Waals surface area contributed by atoms with Gasteiger partial charge in [-0.15, -0.1) is 0 Å². The van der Waals surface area contributed by atoms with E-state index >= 15 is 0 Å². The minimum Gasteiger partial charge on any atom is -0.490 e. The van der Waals surface area contributed by atoms with E-state index in [-0.39, 0.29) is 16.7 Å². The molecule has 0 unspecified atom stereocenters. The molecule has 2 N–H and O–H groups in total. The van der Waals surface area contributed by atoms with Crippen molar-refractivity contribution in [3.8, 4) is 5.75 Å². The van der Waals surface area contributed by atoms with Gasteiger partial charge in [-0.25, -0.2) is 9.18 Å². The summed E-state index contributed by atoms with van der Waals surface area (Å²) in [6, 6.07) is 10.8. The van der Waals surface area contributed by atoms with Crippen LogP contribution in [0.25, 0.3) is 0 Å². The summed E-state index contributed by atoms with van der Waals surface area (Å²) >= 11 is 5.91. The summed E-state index contributed by atoms with van der Waals surface area (Å²) < 4.78 is 19.8. The number of rotatable bonds is 4. The lowest BCUT2D eigenvalue weighted by molar-refractivity contribution is 0.0895. The number of piperidine rings is 1. The predicted molar refractivity (Wildman–Crippen MR) is 99.1 cm³/mol. The molecule has 1 fully saturated rings. The second-order valence-corrected chi connectivity index (χ2v) is 6.57. The summed E-state index contributed by atoms with van der Waals surface area (Å²) in [7, 11) is 0. The third kappa shape index (κ3) is 4.68. The zero-order chi connectivity index (χ0) is 19.4. The van der Waals surface area contributed by atoms with Gasteiger partial charge in [0, 0.05) is 37.7 Å². The molecule has 1 aliphatic rings. The number of amides is 2. The maximum atomic E-state index is 13.9. The molecule has 0 aliphatic carbocycles. The fraction of sp³-hybridized carbons (Fsp3) is 0.263. The average molecular weight is 393 g/mol. The van der Waals surface area contributed by atoms with Crippen LogP contribution in [0.1, 0.15) is 23.2 Å². The number of nitrogens with zero attached hydrogens (tertiary/aromatic N) is 1. The highest BCUT2D eigenvalue weighted by atomic mass is 35.5. The van der Waals surface area contributed by atoms with Gasteiger partial charge in [0.15, 0.2) is 0 Å². The molecule has 0 atom stereocenters. The minimum absolute atomic E-state index is 0.0325. The van der Waals surface area contributed by atoms with E-state index in [0.717, 1.165) is 0 Å². The number of anilines is 1. The maximum absolute atomic E-state index is 13.9. The van der Waals surface area contributed by atoms with Crippen LogP contribution in [0.5, 0.6) is 5.75 Å². The number of hydrogen-bond donors (Lipinski definition) is 2. The van der Waals surface area contributed by atoms with Gasteiger partial charge in [-0.1, -0.05) is 23.7 Å². The van der Waals surface area contributed by atoms with Crippen molar-refractivity contribution in [3.05, 3.63) is 58.9 Å². The van der Waals surface area contributed by atoms with Gasteiger partial charge < -0.3 is 20.1 Å². The predicted octanol–water partition coefficient (Wildman–Crippen LogP) is 4.25. The van der Waals surface area contributed by atoms with Crippen LogP contribution in [-0.4, -0.2) is 41.2 Å². The van der Waals surface area contributed by atoms with E-state index in [1.807, 2.05) is 0 Å². The van der Waals surface area contributed by atoms with Crippen molar-refractivity contribution in [2.24, 2.45) is 0 Å². The summed E-state index contributed by atoms with van der Waals surface area (Å²) in [6.45, 7) is 0.838. The van der Waals surface area contributed by atoms with E-state index in [0.29, 0.717) is 37.4 Å². The van der Waals surface area contributed by atoms with Crippen molar-refractivity contribution in [1.82, 2.24) is 4.90 Å². The van der Waals surface area contributed by atoms with Gasteiger partial charge >= 0.3 is 6.09 Å². The number of benzene rings is 2. The van der Waals surface area contributed by atoms with Crippen LogP contribution < -0.4 is 10.1 Å². The molecule has 0 aromatic heterocycles. The molecule has 1 aliphatic heterocycles. The Kier molecular flexibility index (Phi) is 5.81. The van der Waals surface area contributed by atoms with E-state index in [1.165, 1.54) is 23.1 Å². The maximum Gasteiger partial charge on any atom is 0.407 e. The number of likely N-dealkylation sites (tertiary alicyclic amines) is 1. The third-order valence-electron chi connectivity index (χ3n) is 4.30. The first kappa shape index (κ1) is 19.0. The van der Waals surface area contributed by atoms with E-state index < -0.39 is 17.8 Å². The summed E-state index contributed by atoms with van der Waals surface area (Å²) in [6.07, 6.45) is 0.152. The smallest absolute Gasteiger partial charge is 0.407 e. The van der Waals surface area contributed by atoms with E-state index in [9.17, 15) is 14.0 Å². The molecule has 3 rings (SSSR count). The van der Waals surface area contributed by atoms with E-state index in [1.54, 1.807) is 24.3 Å². The standard InChI is InChI=1S/C19H18ClFN2O4/c20-15-5-2-6-16(21)17(15)18(24)22-12-3-1-4-14(11-12)27-13-7-9-23(10-8-13)19(25)26/h1-6,11,13H,7-10H2,(H,22,24)(H,25,26). The normalized spacial score (nSPS) is 14.7. The fourth-order valence-corrected chi connectivity index (χ4v) is 3.16. The minimum atomic E-state index is -0.926. The first-order valence-electron chi connectivity index (χ1n) is 8.44. The number of nitrogens with one attached hydrogen (secondary N) is 1. The van der Waals surface area contributed by atoms with Crippen molar-refractivity contribution in [2.45, 2.75) is 18.9 Å². The molecule has 2 aromatic rings. The lowest BCUT2D eigenvalue weighted by Crippen LogP contribution is -2.41. The molecule has 0 bridgehead atoms. The Hall–Kier alpha value is -2.80. The van der Waals surface area contributed by atoms with Gasteiger partial charge in [0.25, 0.3) is 5.91 Å². The monoisotopic (exact) mass is 392 g/mol. The number of halogens is 2. The molecule has 8 heteroatoms. The highest BCUT2D eigenvalue weighted by molar-refractivity contribution is 6.34. The molecule has 6 nitrogen and oxygen atoms in total. The van der Waals surface area contributed by atoms with Crippen molar-refractivity contribution in [1.29, 1.82) is 0 Å². The summed E-state index contributed by atoms with van der Waals surface area (Å²) in [5.41, 5.74) is 0.228. The number of carbonyl (C=O) groups excluding carboxylic acids is 1. The summed E-state index contributed by atoms with van der Waals surface area (Å²) in [4.78, 5) is 24.6. The van der Waals surface area contributed by atoms with Gasteiger partial charge in [-0.3, -0.25) is 4.79 Å². The number of ether oxygens (including phenoxy) is 1. The highest BCUT2D eigenvalue weighted by Gasteiger charge is 2.23. The molecule has 2 aromatic carbocycles. The Morgan fingerprint density at radius 3 is 2.56 bits per heavy atom. The molecular formula is C19H18ClFN2O4. The SMILES string of the molecule is O=C(Nc1cccc(OC2CCN(C(=O)O)CC2)c1)c1c(F)cccc1Cl. The lowest BCUT2D eigenvalue weighted by Gasteiger charge is -2.30. The molecule has 0 radical (unpaired) electrons. The van der Waals surface area contributed by atoms with Crippen molar-refractivity contribution >= 4 is 29.3 Å². The van der Waals surface area contributed by atoms with Crippen LogP contribution in [0.15, 0.2) is 42.5 Å². The Bertz CT molecular complexity index is 833. The van der Waals surface area contributed by atoms with Crippen LogP contribution in [0.4, 0.5) is 14.9 Å². The van der Waals surface area contributed by atoms with Crippen LogP contribution in [0, 0.1) is 5.82 Å². The Labute approximate surface area is 160 Å². The number of carbonyl (C=O) groups is 2.